The van der Waals surface area contributed by atoms with Gasteiger partial charge in [-0.05, 0) is 55.8 Å². The number of hydrogen-bond donors (Lipinski definition) is 1. The maximum absolute atomic E-state index is 4.33. The van der Waals surface area contributed by atoms with Crippen LogP contribution in [0.15, 0.2) is 18.3 Å². The van der Waals surface area contributed by atoms with Gasteiger partial charge in [0.2, 0.25) is 0 Å². The Balaban J connectivity index is 2.15. The molecule has 0 aromatic carbocycles. The van der Waals surface area contributed by atoms with E-state index in [0.717, 1.165) is 24.1 Å². The van der Waals surface area contributed by atoms with E-state index in [0.29, 0.717) is 6.04 Å². The van der Waals surface area contributed by atoms with Gasteiger partial charge in [-0.1, -0.05) is 33.1 Å². The smallest absolute Gasteiger partial charge is 0.0375 e. The highest BCUT2D eigenvalue weighted by Gasteiger charge is 2.28. The van der Waals surface area contributed by atoms with Crippen LogP contribution in [-0.4, -0.2) is 11.5 Å². The SMILES string of the molecule is CCNC(c1ccnc(C)c1)C1CCCC(CC)C1. The molecule has 0 radical (unpaired) electrons. The number of aryl methyl sites for hydroxylation is 1. The summed E-state index contributed by atoms with van der Waals surface area (Å²) in [5.74, 6) is 1.73. The standard InChI is InChI=1S/C17H28N2/c1-4-14-7-6-8-15(12-14)17(18-5-2)16-9-10-19-13(3)11-16/h9-11,14-15,17-18H,4-8,12H2,1-3H3. The zero-order chi connectivity index (χ0) is 13.7. The van der Waals surface area contributed by atoms with E-state index in [4.69, 9.17) is 0 Å². The van der Waals surface area contributed by atoms with E-state index in [9.17, 15) is 0 Å². The van der Waals surface area contributed by atoms with Gasteiger partial charge in [0.1, 0.15) is 0 Å². The Kier molecular flexibility index (Phi) is 5.38. The number of nitrogens with one attached hydrogen (secondary N) is 1. The van der Waals surface area contributed by atoms with Gasteiger partial charge in [0, 0.05) is 17.9 Å². The van der Waals surface area contributed by atoms with Crippen LogP contribution in [0.3, 0.4) is 0 Å². The fourth-order valence-corrected chi connectivity index (χ4v) is 3.54. The molecule has 3 atom stereocenters. The molecule has 3 unspecified atom stereocenters. The first kappa shape index (κ1) is 14.5. The molecule has 0 spiro atoms. The Labute approximate surface area is 118 Å². The Hall–Kier alpha value is -0.890. The average molecular weight is 260 g/mol. The van der Waals surface area contributed by atoms with Crippen LogP contribution >= 0.6 is 0 Å². The minimum absolute atomic E-state index is 0.515. The van der Waals surface area contributed by atoms with Crippen LogP contribution in [0.25, 0.3) is 0 Å². The van der Waals surface area contributed by atoms with E-state index < -0.39 is 0 Å². The molecule has 0 amide bonds. The van der Waals surface area contributed by atoms with Crippen molar-refractivity contribution in [2.45, 2.75) is 58.9 Å². The number of aromatic nitrogens is 1. The largest absolute Gasteiger partial charge is 0.310 e. The van der Waals surface area contributed by atoms with Crippen LogP contribution in [0.1, 0.15) is 63.3 Å². The van der Waals surface area contributed by atoms with Gasteiger partial charge in [0.25, 0.3) is 0 Å². The third-order valence-corrected chi connectivity index (χ3v) is 4.58. The lowest BCUT2D eigenvalue weighted by Crippen LogP contribution is -2.31. The van der Waals surface area contributed by atoms with Crippen molar-refractivity contribution in [2.75, 3.05) is 6.54 Å². The van der Waals surface area contributed by atoms with Gasteiger partial charge in [-0.15, -0.1) is 0 Å². The second-order valence-corrected chi connectivity index (χ2v) is 5.97. The molecular formula is C17H28N2. The van der Waals surface area contributed by atoms with Crippen molar-refractivity contribution in [3.05, 3.63) is 29.6 Å². The lowest BCUT2D eigenvalue weighted by molar-refractivity contribution is 0.210. The molecule has 0 bridgehead atoms. The summed E-state index contributed by atoms with van der Waals surface area (Å²) in [6.45, 7) is 7.68. The molecule has 2 heteroatoms. The highest BCUT2D eigenvalue weighted by atomic mass is 14.9. The van der Waals surface area contributed by atoms with Crippen molar-refractivity contribution in [2.24, 2.45) is 11.8 Å². The van der Waals surface area contributed by atoms with Crippen molar-refractivity contribution in [1.82, 2.24) is 10.3 Å². The molecule has 2 rings (SSSR count). The minimum Gasteiger partial charge on any atom is -0.310 e. The van der Waals surface area contributed by atoms with E-state index in [1.54, 1.807) is 0 Å². The first-order chi connectivity index (χ1) is 9.24. The molecule has 1 saturated carbocycles. The molecule has 1 aliphatic rings. The van der Waals surface area contributed by atoms with Crippen molar-refractivity contribution >= 4 is 0 Å². The summed E-state index contributed by atoms with van der Waals surface area (Å²) in [7, 11) is 0. The van der Waals surface area contributed by atoms with Crippen molar-refractivity contribution in [3.63, 3.8) is 0 Å². The second kappa shape index (κ2) is 7.04. The summed E-state index contributed by atoms with van der Waals surface area (Å²) in [5.41, 5.74) is 2.55. The lowest BCUT2D eigenvalue weighted by Gasteiger charge is -2.35. The molecule has 1 aromatic rings. The van der Waals surface area contributed by atoms with E-state index in [1.165, 1.54) is 37.7 Å². The highest BCUT2D eigenvalue weighted by molar-refractivity contribution is 5.20. The molecule has 0 saturated heterocycles. The molecule has 1 N–H and O–H groups in total. The number of hydrogen-bond acceptors (Lipinski definition) is 2. The first-order valence-corrected chi connectivity index (χ1v) is 7.90. The maximum Gasteiger partial charge on any atom is 0.0375 e. The lowest BCUT2D eigenvalue weighted by atomic mass is 9.75. The van der Waals surface area contributed by atoms with E-state index in [1.807, 2.05) is 6.20 Å². The van der Waals surface area contributed by atoms with Gasteiger partial charge >= 0.3 is 0 Å². The van der Waals surface area contributed by atoms with Gasteiger partial charge in [0.15, 0.2) is 0 Å². The minimum atomic E-state index is 0.515. The van der Waals surface area contributed by atoms with Crippen LogP contribution in [0.5, 0.6) is 0 Å². The van der Waals surface area contributed by atoms with Crippen LogP contribution < -0.4 is 5.32 Å². The average Bonchev–Trinajstić information content (AvgIpc) is 2.45. The number of pyridine rings is 1. The Morgan fingerprint density at radius 3 is 2.89 bits per heavy atom. The van der Waals surface area contributed by atoms with Gasteiger partial charge in [-0.2, -0.15) is 0 Å². The molecule has 1 aliphatic carbocycles. The predicted molar refractivity (Wildman–Crippen MR) is 81.1 cm³/mol. The number of rotatable bonds is 5. The Bertz CT molecular complexity index is 389. The fraction of sp³-hybridized carbons (Fsp3) is 0.706. The van der Waals surface area contributed by atoms with Crippen molar-refractivity contribution in [3.8, 4) is 0 Å². The van der Waals surface area contributed by atoms with Crippen LogP contribution in [0.4, 0.5) is 0 Å². The van der Waals surface area contributed by atoms with E-state index in [2.05, 4.69) is 43.2 Å². The molecular weight excluding hydrogens is 232 g/mol. The number of nitrogens with zero attached hydrogens (tertiary/aromatic N) is 1. The molecule has 2 nitrogen and oxygen atoms in total. The molecule has 19 heavy (non-hydrogen) atoms. The first-order valence-electron chi connectivity index (χ1n) is 7.90. The van der Waals surface area contributed by atoms with Gasteiger partial charge < -0.3 is 5.32 Å². The Morgan fingerprint density at radius 2 is 2.21 bits per heavy atom. The van der Waals surface area contributed by atoms with Crippen molar-refractivity contribution < 1.29 is 0 Å². The van der Waals surface area contributed by atoms with E-state index >= 15 is 0 Å². The maximum atomic E-state index is 4.33. The predicted octanol–water partition coefficient (Wildman–Crippen LogP) is 4.26. The molecule has 106 valence electrons. The zero-order valence-electron chi connectivity index (χ0n) is 12.7. The summed E-state index contributed by atoms with van der Waals surface area (Å²) in [4.78, 5) is 4.33. The molecule has 1 heterocycles. The second-order valence-electron chi connectivity index (χ2n) is 5.97. The highest BCUT2D eigenvalue weighted by Crippen LogP contribution is 2.38. The monoisotopic (exact) mass is 260 g/mol. The summed E-state index contributed by atoms with van der Waals surface area (Å²) < 4.78 is 0. The topological polar surface area (TPSA) is 24.9 Å². The summed E-state index contributed by atoms with van der Waals surface area (Å²) in [5, 5.41) is 3.71. The zero-order valence-corrected chi connectivity index (χ0v) is 12.7. The van der Waals surface area contributed by atoms with Crippen LogP contribution in [0, 0.1) is 18.8 Å². The third kappa shape index (κ3) is 3.79. The van der Waals surface area contributed by atoms with Crippen LogP contribution in [-0.2, 0) is 0 Å². The van der Waals surface area contributed by atoms with Crippen LogP contribution in [0.2, 0.25) is 0 Å². The van der Waals surface area contributed by atoms with Gasteiger partial charge in [0.05, 0.1) is 0 Å². The summed E-state index contributed by atoms with van der Waals surface area (Å²) in [6, 6.07) is 4.96. The van der Waals surface area contributed by atoms with Gasteiger partial charge in [-0.25, -0.2) is 0 Å². The third-order valence-electron chi connectivity index (χ3n) is 4.58. The van der Waals surface area contributed by atoms with E-state index in [-0.39, 0.29) is 0 Å². The quantitative estimate of drug-likeness (QED) is 0.855. The fourth-order valence-electron chi connectivity index (χ4n) is 3.54. The van der Waals surface area contributed by atoms with Crippen molar-refractivity contribution in [1.29, 1.82) is 0 Å². The summed E-state index contributed by atoms with van der Waals surface area (Å²) in [6.07, 6.45) is 8.88. The van der Waals surface area contributed by atoms with Gasteiger partial charge in [-0.3, -0.25) is 4.98 Å². The molecule has 1 fully saturated rings. The molecule has 0 aliphatic heterocycles. The Morgan fingerprint density at radius 1 is 1.37 bits per heavy atom. The summed E-state index contributed by atoms with van der Waals surface area (Å²) >= 11 is 0. The normalized spacial score (nSPS) is 25.2. The molecule has 1 aromatic heterocycles.